The summed E-state index contributed by atoms with van der Waals surface area (Å²) in [6.07, 6.45) is 9.57. The highest BCUT2D eigenvalue weighted by Gasteiger charge is 2.55. The van der Waals surface area contributed by atoms with Crippen LogP contribution in [-0.2, 0) is 17.8 Å². The van der Waals surface area contributed by atoms with Crippen LogP contribution in [0.15, 0.2) is 54.6 Å². The summed E-state index contributed by atoms with van der Waals surface area (Å²) in [5.74, 6) is 3.35. The molecule has 0 heterocycles. The zero-order valence-corrected chi connectivity index (χ0v) is 17.3. The van der Waals surface area contributed by atoms with Crippen LogP contribution in [0.25, 0.3) is 0 Å². The molecule has 0 saturated heterocycles. The van der Waals surface area contributed by atoms with E-state index in [2.05, 4.69) is 61.5 Å². The second kappa shape index (κ2) is 7.67. The molecule has 3 aliphatic carbocycles. The van der Waals surface area contributed by atoms with Crippen LogP contribution >= 0.6 is 0 Å². The lowest BCUT2D eigenvalue weighted by molar-refractivity contribution is -0.0629. The minimum Gasteiger partial charge on any atom is -0.376 e. The normalized spacial score (nSPS) is 33.8. The molecule has 2 saturated carbocycles. The maximum absolute atomic E-state index is 6.41. The van der Waals surface area contributed by atoms with Gasteiger partial charge in [0.15, 0.2) is 0 Å². The number of ether oxygens (including phenoxy) is 1. The fraction of sp³-hybridized carbons (Fsp3) is 0.556. The van der Waals surface area contributed by atoms with Gasteiger partial charge in [-0.25, -0.2) is 0 Å². The number of aryl methyl sites for hydroxylation is 1. The van der Waals surface area contributed by atoms with Gasteiger partial charge in [0.2, 0.25) is 0 Å². The Labute approximate surface area is 170 Å². The Morgan fingerprint density at radius 3 is 2.68 bits per heavy atom. The first-order valence-electron chi connectivity index (χ1n) is 11.5. The summed E-state index contributed by atoms with van der Waals surface area (Å²) < 4.78 is 6.41. The zero-order chi connectivity index (χ0) is 19.0. The maximum Gasteiger partial charge on any atom is 0.0717 e. The highest BCUT2D eigenvalue weighted by Crippen LogP contribution is 2.63. The molecule has 2 fully saturated rings. The Hall–Kier alpha value is -1.60. The van der Waals surface area contributed by atoms with Crippen molar-refractivity contribution in [3.05, 3.63) is 71.3 Å². The lowest BCUT2D eigenvalue weighted by atomic mass is 9.51. The Kier molecular flexibility index (Phi) is 5.05. The lowest BCUT2D eigenvalue weighted by Crippen LogP contribution is -2.47. The van der Waals surface area contributed by atoms with Crippen molar-refractivity contribution >= 4 is 0 Å². The van der Waals surface area contributed by atoms with Crippen LogP contribution in [-0.4, -0.2) is 6.61 Å². The third-order valence-electron chi connectivity index (χ3n) is 8.32. The summed E-state index contributed by atoms with van der Waals surface area (Å²) in [5.41, 5.74) is 5.06. The van der Waals surface area contributed by atoms with Crippen molar-refractivity contribution < 1.29 is 4.74 Å². The van der Waals surface area contributed by atoms with Crippen LogP contribution in [0, 0.1) is 23.2 Å². The van der Waals surface area contributed by atoms with Gasteiger partial charge in [-0.05, 0) is 77.9 Å². The standard InChI is InChI=1S/C27H34O/c1-2-21-17-27(19-28-18-20-9-4-3-5-10-20)16-8-13-25(27)24-15-14-22-11-6-7-12-23(22)26(21)24/h3-7,9-12,21,24-26H,2,8,13-19H2,1H3/t21-,24-,25-,26+,27-/m0/s1. The zero-order valence-electron chi connectivity index (χ0n) is 17.3. The molecule has 0 aliphatic heterocycles. The number of hydrogen-bond donors (Lipinski definition) is 0. The van der Waals surface area contributed by atoms with Gasteiger partial charge in [0.1, 0.15) is 0 Å². The summed E-state index contributed by atoms with van der Waals surface area (Å²) in [6.45, 7) is 4.16. The van der Waals surface area contributed by atoms with E-state index >= 15 is 0 Å². The third-order valence-corrected chi connectivity index (χ3v) is 8.32. The Balaban J connectivity index is 1.38. The minimum atomic E-state index is 0.433. The molecule has 5 atom stereocenters. The van der Waals surface area contributed by atoms with E-state index in [9.17, 15) is 0 Å². The van der Waals surface area contributed by atoms with Crippen molar-refractivity contribution in [2.24, 2.45) is 23.2 Å². The molecule has 0 bridgehead atoms. The summed E-state index contributed by atoms with van der Waals surface area (Å²) in [7, 11) is 0. The molecule has 3 aliphatic rings. The predicted molar refractivity (Wildman–Crippen MR) is 115 cm³/mol. The molecule has 0 aromatic heterocycles. The predicted octanol–water partition coefficient (Wildman–Crippen LogP) is 6.77. The van der Waals surface area contributed by atoms with Gasteiger partial charge in [0.25, 0.3) is 0 Å². The molecule has 0 amide bonds. The Bertz CT molecular complexity index is 797. The van der Waals surface area contributed by atoms with Crippen LogP contribution in [0.1, 0.15) is 68.1 Å². The Morgan fingerprint density at radius 1 is 1.00 bits per heavy atom. The van der Waals surface area contributed by atoms with Crippen molar-refractivity contribution in [2.45, 2.75) is 64.4 Å². The number of rotatable bonds is 5. The molecular weight excluding hydrogens is 340 g/mol. The maximum atomic E-state index is 6.41. The van der Waals surface area contributed by atoms with Gasteiger partial charge in [-0.3, -0.25) is 0 Å². The number of hydrogen-bond acceptors (Lipinski definition) is 1. The van der Waals surface area contributed by atoms with Crippen LogP contribution in [0.4, 0.5) is 0 Å². The van der Waals surface area contributed by atoms with Crippen molar-refractivity contribution in [3.8, 4) is 0 Å². The smallest absolute Gasteiger partial charge is 0.0717 e. The second-order valence-corrected chi connectivity index (χ2v) is 9.64. The van der Waals surface area contributed by atoms with E-state index in [1.165, 1.54) is 50.5 Å². The molecule has 0 spiro atoms. The molecule has 0 N–H and O–H groups in total. The van der Waals surface area contributed by atoms with Crippen molar-refractivity contribution in [3.63, 3.8) is 0 Å². The molecule has 1 nitrogen and oxygen atoms in total. The van der Waals surface area contributed by atoms with Gasteiger partial charge in [-0.15, -0.1) is 0 Å². The van der Waals surface area contributed by atoms with Gasteiger partial charge in [-0.2, -0.15) is 0 Å². The van der Waals surface area contributed by atoms with E-state index in [-0.39, 0.29) is 0 Å². The molecule has 2 aromatic carbocycles. The summed E-state index contributed by atoms with van der Waals surface area (Å²) >= 11 is 0. The van der Waals surface area contributed by atoms with Crippen molar-refractivity contribution in [1.82, 2.24) is 0 Å². The van der Waals surface area contributed by atoms with E-state index in [0.717, 1.165) is 36.9 Å². The molecule has 5 rings (SSSR count). The van der Waals surface area contributed by atoms with Gasteiger partial charge in [0, 0.05) is 0 Å². The largest absolute Gasteiger partial charge is 0.376 e. The summed E-state index contributed by atoms with van der Waals surface area (Å²) in [5, 5.41) is 0. The van der Waals surface area contributed by atoms with Crippen LogP contribution in [0.3, 0.4) is 0 Å². The molecule has 0 unspecified atom stereocenters. The summed E-state index contributed by atoms with van der Waals surface area (Å²) in [4.78, 5) is 0. The second-order valence-electron chi connectivity index (χ2n) is 9.64. The molecule has 28 heavy (non-hydrogen) atoms. The number of fused-ring (bicyclic) bond motifs is 5. The fourth-order valence-corrected chi connectivity index (χ4v) is 7.19. The molecule has 0 radical (unpaired) electrons. The first kappa shape index (κ1) is 18.4. The van der Waals surface area contributed by atoms with Crippen LogP contribution in [0.2, 0.25) is 0 Å². The quantitative estimate of drug-likeness (QED) is 0.561. The van der Waals surface area contributed by atoms with Crippen molar-refractivity contribution in [2.75, 3.05) is 6.61 Å². The first-order chi connectivity index (χ1) is 13.8. The molecule has 1 heteroatoms. The molecular formula is C27H34O. The van der Waals surface area contributed by atoms with E-state index < -0.39 is 0 Å². The molecule has 148 valence electrons. The first-order valence-corrected chi connectivity index (χ1v) is 11.5. The van der Waals surface area contributed by atoms with Crippen LogP contribution < -0.4 is 0 Å². The monoisotopic (exact) mass is 374 g/mol. The van der Waals surface area contributed by atoms with E-state index in [4.69, 9.17) is 4.74 Å². The third kappa shape index (κ3) is 3.12. The van der Waals surface area contributed by atoms with Crippen LogP contribution in [0.5, 0.6) is 0 Å². The summed E-state index contributed by atoms with van der Waals surface area (Å²) in [6, 6.07) is 20.0. The van der Waals surface area contributed by atoms with Crippen molar-refractivity contribution in [1.29, 1.82) is 0 Å². The van der Waals surface area contributed by atoms with Gasteiger partial charge < -0.3 is 4.74 Å². The van der Waals surface area contributed by atoms with E-state index in [1.54, 1.807) is 11.1 Å². The minimum absolute atomic E-state index is 0.433. The highest BCUT2D eigenvalue weighted by atomic mass is 16.5. The SMILES string of the molecule is CC[C@H]1C[C@]2(COCc3ccccc3)CCC[C@H]2[C@@H]2CCc3ccccc3[C@@H]12. The Morgan fingerprint density at radius 2 is 1.82 bits per heavy atom. The lowest BCUT2D eigenvalue weighted by Gasteiger charge is -2.54. The number of benzene rings is 2. The highest BCUT2D eigenvalue weighted by molar-refractivity contribution is 5.35. The molecule has 2 aromatic rings. The topological polar surface area (TPSA) is 9.23 Å². The van der Waals surface area contributed by atoms with Gasteiger partial charge in [-0.1, -0.05) is 74.4 Å². The average Bonchev–Trinajstić information content (AvgIpc) is 3.17. The van der Waals surface area contributed by atoms with E-state index in [0.29, 0.717) is 5.41 Å². The van der Waals surface area contributed by atoms with Gasteiger partial charge >= 0.3 is 0 Å². The average molecular weight is 375 g/mol. The van der Waals surface area contributed by atoms with E-state index in [1.807, 2.05) is 0 Å². The van der Waals surface area contributed by atoms with Gasteiger partial charge in [0.05, 0.1) is 13.2 Å². The fourth-order valence-electron chi connectivity index (χ4n) is 7.19.